The van der Waals surface area contributed by atoms with E-state index in [1.165, 1.54) is 6.92 Å². The Balaban J connectivity index is 1.42. The zero-order valence-electron chi connectivity index (χ0n) is 15.6. The van der Waals surface area contributed by atoms with Crippen molar-refractivity contribution in [3.8, 4) is 5.75 Å². The van der Waals surface area contributed by atoms with E-state index in [0.29, 0.717) is 24.3 Å². The van der Waals surface area contributed by atoms with Crippen molar-refractivity contribution in [2.24, 2.45) is 0 Å². The average molecular weight is 375 g/mol. The van der Waals surface area contributed by atoms with Gasteiger partial charge in [-0.05, 0) is 36.4 Å². The summed E-state index contributed by atoms with van der Waals surface area (Å²) in [5.74, 6) is 0.579. The van der Waals surface area contributed by atoms with Crippen LogP contribution in [0, 0.1) is 0 Å². The highest BCUT2D eigenvalue weighted by Crippen LogP contribution is 2.26. The van der Waals surface area contributed by atoms with Gasteiger partial charge < -0.3 is 15.0 Å². The molecule has 1 atom stereocenters. The first-order chi connectivity index (χ1) is 13.6. The Bertz CT molecular complexity index is 1010. The number of fused-ring (bicyclic) bond motifs is 1. The summed E-state index contributed by atoms with van der Waals surface area (Å²) in [4.78, 5) is 30.1. The van der Waals surface area contributed by atoms with Crippen LogP contribution in [0.1, 0.15) is 23.7 Å². The van der Waals surface area contributed by atoms with Crippen LogP contribution in [0.2, 0.25) is 0 Å². The predicted molar refractivity (Wildman–Crippen MR) is 107 cm³/mol. The fourth-order valence-electron chi connectivity index (χ4n) is 3.44. The summed E-state index contributed by atoms with van der Waals surface area (Å²) in [7, 11) is 0. The SMILES string of the molecule is CC(=O)Nc1ccc(C(=O)N2CCC(Oc3cccc4cccnc34)C2)cc1. The molecule has 4 rings (SSSR count). The summed E-state index contributed by atoms with van der Waals surface area (Å²) in [6.07, 6.45) is 2.47. The highest BCUT2D eigenvalue weighted by molar-refractivity contribution is 5.95. The van der Waals surface area contributed by atoms with Crippen LogP contribution in [0.3, 0.4) is 0 Å². The molecule has 3 aromatic rings. The smallest absolute Gasteiger partial charge is 0.253 e. The van der Waals surface area contributed by atoms with E-state index in [1.54, 1.807) is 35.4 Å². The Labute approximate surface area is 163 Å². The second-order valence-corrected chi connectivity index (χ2v) is 6.87. The summed E-state index contributed by atoms with van der Waals surface area (Å²) >= 11 is 0. The van der Waals surface area contributed by atoms with Gasteiger partial charge in [0, 0.05) is 42.7 Å². The topological polar surface area (TPSA) is 71.5 Å². The third-order valence-electron chi connectivity index (χ3n) is 4.77. The molecule has 0 radical (unpaired) electrons. The van der Waals surface area contributed by atoms with E-state index in [4.69, 9.17) is 4.74 Å². The minimum Gasteiger partial charge on any atom is -0.486 e. The number of anilines is 1. The summed E-state index contributed by atoms with van der Waals surface area (Å²) in [5.41, 5.74) is 2.11. The maximum atomic E-state index is 12.8. The van der Waals surface area contributed by atoms with Crippen LogP contribution < -0.4 is 10.1 Å². The molecule has 2 amide bonds. The molecule has 6 heteroatoms. The number of rotatable bonds is 4. The molecule has 1 aliphatic rings. The number of benzene rings is 2. The Morgan fingerprint density at radius 1 is 1.11 bits per heavy atom. The molecule has 0 saturated carbocycles. The van der Waals surface area contributed by atoms with Crippen LogP contribution in [0.15, 0.2) is 60.8 Å². The Morgan fingerprint density at radius 3 is 2.68 bits per heavy atom. The van der Waals surface area contributed by atoms with Crippen LogP contribution in [-0.2, 0) is 4.79 Å². The second kappa shape index (κ2) is 7.68. The van der Waals surface area contributed by atoms with E-state index in [1.807, 2.05) is 30.3 Å². The molecule has 1 saturated heterocycles. The molecule has 0 bridgehead atoms. The Hall–Kier alpha value is -3.41. The zero-order valence-corrected chi connectivity index (χ0v) is 15.6. The number of amides is 2. The second-order valence-electron chi connectivity index (χ2n) is 6.87. The molecular formula is C22H21N3O3. The number of pyridine rings is 1. The number of hydrogen-bond acceptors (Lipinski definition) is 4. The maximum absolute atomic E-state index is 12.8. The molecule has 142 valence electrons. The minimum atomic E-state index is -0.137. The lowest BCUT2D eigenvalue weighted by Gasteiger charge is -2.18. The van der Waals surface area contributed by atoms with Crippen molar-refractivity contribution in [3.05, 3.63) is 66.4 Å². The van der Waals surface area contributed by atoms with Crippen molar-refractivity contribution in [1.82, 2.24) is 9.88 Å². The number of nitrogens with zero attached hydrogens (tertiary/aromatic N) is 2. The number of carbonyl (C=O) groups is 2. The first-order valence-electron chi connectivity index (χ1n) is 9.27. The van der Waals surface area contributed by atoms with E-state index in [9.17, 15) is 9.59 Å². The largest absolute Gasteiger partial charge is 0.486 e. The quantitative estimate of drug-likeness (QED) is 0.758. The van der Waals surface area contributed by atoms with E-state index in [0.717, 1.165) is 23.1 Å². The monoisotopic (exact) mass is 375 g/mol. The van der Waals surface area contributed by atoms with Crippen LogP contribution in [0.5, 0.6) is 5.75 Å². The van der Waals surface area contributed by atoms with Crippen molar-refractivity contribution >= 4 is 28.4 Å². The molecule has 0 spiro atoms. The summed E-state index contributed by atoms with van der Waals surface area (Å²) < 4.78 is 6.16. The van der Waals surface area contributed by atoms with Gasteiger partial charge in [0.1, 0.15) is 17.4 Å². The number of nitrogens with one attached hydrogen (secondary N) is 1. The predicted octanol–water partition coefficient (Wildman–Crippen LogP) is 3.49. The maximum Gasteiger partial charge on any atom is 0.253 e. The van der Waals surface area contributed by atoms with Gasteiger partial charge in [-0.25, -0.2) is 0 Å². The molecule has 2 heterocycles. The lowest BCUT2D eigenvalue weighted by molar-refractivity contribution is -0.114. The van der Waals surface area contributed by atoms with Crippen LogP contribution >= 0.6 is 0 Å². The van der Waals surface area contributed by atoms with Gasteiger partial charge in [-0.2, -0.15) is 0 Å². The third-order valence-corrected chi connectivity index (χ3v) is 4.77. The summed E-state index contributed by atoms with van der Waals surface area (Å²) in [6.45, 7) is 2.64. The fourth-order valence-corrected chi connectivity index (χ4v) is 3.44. The fraction of sp³-hybridized carbons (Fsp3) is 0.227. The molecule has 1 aromatic heterocycles. The van der Waals surface area contributed by atoms with Gasteiger partial charge in [-0.3, -0.25) is 14.6 Å². The standard InChI is InChI=1S/C22H21N3O3/c1-15(26)24-18-9-7-17(8-10-18)22(27)25-13-11-19(14-25)28-20-6-2-4-16-5-3-12-23-21(16)20/h2-10,12,19H,11,13-14H2,1H3,(H,24,26). The zero-order chi connectivity index (χ0) is 19.5. The molecule has 0 aliphatic carbocycles. The van der Waals surface area contributed by atoms with E-state index in [2.05, 4.69) is 10.3 Å². The minimum absolute atomic E-state index is 0.0310. The number of carbonyl (C=O) groups excluding carboxylic acids is 2. The van der Waals surface area contributed by atoms with Gasteiger partial charge in [-0.15, -0.1) is 0 Å². The summed E-state index contributed by atoms with van der Waals surface area (Å²) in [6, 6.07) is 16.7. The van der Waals surface area contributed by atoms with Gasteiger partial charge in [0.05, 0.1) is 6.54 Å². The highest BCUT2D eigenvalue weighted by Gasteiger charge is 2.28. The van der Waals surface area contributed by atoms with Gasteiger partial charge >= 0.3 is 0 Å². The van der Waals surface area contributed by atoms with Crippen molar-refractivity contribution in [2.75, 3.05) is 18.4 Å². The molecule has 1 N–H and O–H groups in total. The first-order valence-corrected chi connectivity index (χ1v) is 9.27. The lowest BCUT2D eigenvalue weighted by atomic mass is 10.2. The number of hydrogen-bond donors (Lipinski definition) is 1. The van der Waals surface area contributed by atoms with Crippen molar-refractivity contribution in [1.29, 1.82) is 0 Å². The van der Waals surface area contributed by atoms with Crippen molar-refractivity contribution in [3.63, 3.8) is 0 Å². The Morgan fingerprint density at radius 2 is 1.89 bits per heavy atom. The van der Waals surface area contributed by atoms with Gasteiger partial charge in [-0.1, -0.05) is 18.2 Å². The van der Waals surface area contributed by atoms with Crippen molar-refractivity contribution in [2.45, 2.75) is 19.4 Å². The molecule has 28 heavy (non-hydrogen) atoms. The molecule has 2 aromatic carbocycles. The molecule has 1 fully saturated rings. The van der Waals surface area contributed by atoms with Gasteiger partial charge in [0.15, 0.2) is 0 Å². The average Bonchev–Trinajstić information content (AvgIpc) is 3.16. The van der Waals surface area contributed by atoms with Crippen LogP contribution in [0.4, 0.5) is 5.69 Å². The van der Waals surface area contributed by atoms with E-state index < -0.39 is 0 Å². The third kappa shape index (κ3) is 3.81. The number of ether oxygens (including phenoxy) is 1. The highest BCUT2D eigenvalue weighted by atomic mass is 16.5. The van der Waals surface area contributed by atoms with Crippen molar-refractivity contribution < 1.29 is 14.3 Å². The van der Waals surface area contributed by atoms with E-state index in [-0.39, 0.29) is 17.9 Å². The Kier molecular flexibility index (Phi) is 4.93. The molecular weight excluding hydrogens is 354 g/mol. The molecule has 6 nitrogen and oxygen atoms in total. The van der Waals surface area contributed by atoms with E-state index >= 15 is 0 Å². The van der Waals surface area contributed by atoms with Crippen LogP contribution in [0.25, 0.3) is 10.9 Å². The first kappa shape index (κ1) is 18.0. The molecule has 1 unspecified atom stereocenters. The summed E-state index contributed by atoms with van der Waals surface area (Å²) in [5, 5.41) is 3.73. The normalized spacial score (nSPS) is 16.2. The number of likely N-dealkylation sites (tertiary alicyclic amines) is 1. The van der Waals surface area contributed by atoms with Crippen LogP contribution in [-0.4, -0.2) is 40.9 Å². The lowest BCUT2D eigenvalue weighted by Crippen LogP contribution is -2.31. The van der Waals surface area contributed by atoms with Gasteiger partial charge in [0.2, 0.25) is 5.91 Å². The van der Waals surface area contributed by atoms with Gasteiger partial charge in [0.25, 0.3) is 5.91 Å². The molecule has 1 aliphatic heterocycles. The number of aromatic nitrogens is 1. The number of para-hydroxylation sites is 1.